The normalized spacial score (nSPS) is 11.1. The fourth-order valence-corrected chi connectivity index (χ4v) is 2.64. The highest BCUT2D eigenvalue weighted by atomic mass is 35.5. The smallest absolute Gasteiger partial charge is 0.304 e. The van der Waals surface area contributed by atoms with E-state index in [0.29, 0.717) is 21.3 Å². The van der Waals surface area contributed by atoms with Crippen molar-refractivity contribution in [1.29, 1.82) is 0 Å². The van der Waals surface area contributed by atoms with Crippen molar-refractivity contribution in [3.05, 3.63) is 64.0 Å². The maximum atomic E-state index is 12.8. The maximum absolute atomic E-state index is 12.8. The van der Waals surface area contributed by atoms with Gasteiger partial charge < -0.3 is 5.32 Å². The molecule has 3 aromatic rings. The summed E-state index contributed by atoms with van der Waals surface area (Å²) in [5.41, 5.74) is 0.535. The van der Waals surface area contributed by atoms with E-state index in [4.69, 9.17) is 23.2 Å². The number of carbonyl (C=O) groups excluding carboxylic acids is 1. The minimum absolute atomic E-state index is 0.220. The Hall–Kier alpha value is -2.45. The van der Waals surface area contributed by atoms with Crippen molar-refractivity contribution in [3.63, 3.8) is 0 Å². The molecule has 0 unspecified atom stereocenters. The van der Waals surface area contributed by atoms with Gasteiger partial charge in [-0.3, -0.25) is 9.48 Å². The number of alkyl halides is 2. The summed E-state index contributed by atoms with van der Waals surface area (Å²) in [7, 11) is 0. The Labute approximate surface area is 151 Å². The Kier molecular flexibility index (Phi) is 5.00. The molecule has 0 spiro atoms. The molecule has 1 aromatic carbocycles. The summed E-state index contributed by atoms with van der Waals surface area (Å²) >= 11 is 12.0. The highest BCUT2D eigenvalue weighted by molar-refractivity contribution is 6.35. The van der Waals surface area contributed by atoms with Crippen LogP contribution < -0.4 is 5.32 Å². The summed E-state index contributed by atoms with van der Waals surface area (Å²) in [5.74, 6) is -0.510. The molecule has 0 aliphatic heterocycles. The summed E-state index contributed by atoms with van der Waals surface area (Å²) in [6.45, 7) is -2.54. The van der Waals surface area contributed by atoms with Crippen molar-refractivity contribution in [2.45, 2.75) is 13.1 Å². The molecule has 2 heterocycles. The van der Waals surface area contributed by atoms with E-state index in [-0.39, 0.29) is 11.5 Å². The van der Waals surface area contributed by atoms with E-state index in [1.165, 1.54) is 6.07 Å². The number of aromatic nitrogens is 4. The Balaban J connectivity index is 1.71. The van der Waals surface area contributed by atoms with Crippen LogP contribution in [0.1, 0.15) is 22.6 Å². The lowest BCUT2D eigenvalue weighted by Gasteiger charge is -2.06. The molecule has 10 heteroatoms. The fourth-order valence-electron chi connectivity index (χ4n) is 2.17. The molecule has 0 radical (unpaired) electrons. The molecule has 0 atom stereocenters. The third kappa shape index (κ3) is 3.97. The van der Waals surface area contributed by atoms with Crippen LogP contribution in [0, 0.1) is 0 Å². The lowest BCUT2D eigenvalue weighted by molar-refractivity contribution is 0.0520. The zero-order chi connectivity index (χ0) is 18.0. The van der Waals surface area contributed by atoms with Gasteiger partial charge in [-0.25, -0.2) is 0 Å². The highest BCUT2D eigenvalue weighted by Gasteiger charge is 2.18. The van der Waals surface area contributed by atoms with Crippen LogP contribution in [0.4, 0.5) is 14.6 Å². The van der Waals surface area contributed by atoms with Gasteiger partial charge in [-0.05, 0) is 23.8 Å². The van der Waals surface area contributed by atoms with E-state index in [9.17, 15) is 13.6 Å². The van der Waals surface area contributed by atoms with Crippen molar-refractivity contribution in [2.24, 2.45) is 0 Å². The van der Waals surface area contributed by atoms with Gasteiger partial charge in [-0.1, -0.05) is 29.3 Å². The molecule has 0 aliphatic carbocycles. The second-order valence-corrected chi connectivity index (χ2v) is 5.87. The molecule has 130 valence electrons. The Morgan fingerprint density at radius 3 is 2.76 bits per heavy atom. The number of halogens is 4. The second-order valence-electron chi connectivity index (χ2n) is 5.03. The average molecular weight is 386 g/mol. The van der Waals surface area contributed by atoms with E-state index in [1.807, 2.05) is 0 Å². The molecular weight excluding hydrogens is 375 g/mol. The summed E-state index contributed by atoms with van der Waals surface area (Å²) in [6.07, 6.45) is 2.76. The van der Waals surface area contributed by atoms with Crippen LogP contribution in [-0.4, -0.2) is 25.5 Å². The molecule has 1 amide bonds. The molecule has 6 nitrogen and oxygen atoms in total. The van der Waals surface area contributed by atoms with Gasteiger partial charge >= 0.3 is 6.55 Å². The van der Waals surface area contributed by atoms with Gasteiger partial charge in [0.25, 0.3) is 5.91 Å². The largest absolute Gasteiger partial charge is 0.333 e. The van der Waals surface area contributed by atoms with Crippen LogP contribution in [0.2, 0.25) is 10.0 Å². The van der Waals surface area contributed by atoms with Crippen molar-refractivity contribution < 1.29 is 13.6 Å². The lowest BCUT2D eigenvalue weighted by Crippen LogP contribution is -2.18. The Morgan fingerprint density at radius 2 is 2.04 bits per heavy atom. The van der Waals surface area contributed by atoms with E-state index >= 15 is 0 Å². The molecule has 3 rings (SSSR count). The van der Waals surface area contributed by atoms with Crippen molar-refractivity contribution in [2.75, 3.05) is 5.32 Å². The predicted octanol–water partition coefficient (Wildman–Crippen LogP) is 4.08. The molecule has 0 bridgehead atoms. The summed E-state index contributed by atoms with van der Waals surface area (Å²) in [5, 5.41) is 11.1. The summed E-state index contributed by atoms with van der Waals surface area (Å²) in [4.78, 5) is 12.1. The highest BCUT2D eigenvalue weighted by Crippen LogP contribution is 2.22. The van der Waals surface area contributed by atoms with Crippen LogP contribution in [0.5, 0.6) is 0 Å². The van der Waals surface area contributed by atoms with Gasteiger partial charge in [0.2, 0.25) is 0 Å². The molecule has 1 N–H and O–H groups in total. The predicted molar refractivity (Wildman–Crippen MR) is 89.2 cm³/mol. The van der Waals surface area contributed by atoms with Crippen molar-refractivity contribution >= 4 is 34.9 Å². The standard InChI is InChI=1S/C15H11Cl2F2N5O/c16-10-2-1-9(11(17)7-10)8-23-6-4-13(22-23)21-14(25)12-3-5-20-24(12)15(18)19/h1-7,15H,8H2,(H,21,22,25). The third-order valence-corrected chi connectivity index (χ3v) is 3.90. The van der Waals surface area contributed by atoms with Crippen LogP contribution in [0.25, 0.3) is 0 Å². The summed E-state index contributed by atoms with van der Waals surface area (Å²) < 4.78 is 27.4. The van der Waals surface area contributed by atoms with E-state index < -0.39 is 12.5 Å². The average Bonchev–Trinajstić information content (AvgIpc) is 3.19. The molecule has 25 heavy (non-hydrogen) atoms. The van der Waals surface area contributed by atoms with Crippen LogP contribution in [0.3, 0.4) is 0 Å². The zero-order valence-electron chi connectivity index (χ0n) is 12.5. The second kappa shape index (κ2) is 7.20. The maximum Gasteiger partial charge on any atom is 0.333 e. The number of carbonyl (C=O) groups is 1. The number of nitrogens with one attached hydrogen (secondary N) is 1. The summed E-state index contributed by atoms with van der Waals surface area (Å²) in [6, 6.07) is 7.85. The van der Waals surface area contributed by atoms with Gasteiger partial charge in [0.15, 0.2) is 5.82 Å². The van der Waals surface area contributed by atoms with Gasteiger partial charge in [0.05, 0.1) is 6.54 Å². The minimum Gasteiger partial charge on any atom is -0.304 e. The number of anilines is 1. The third-order valence-electron chi connectivity index (χ3n) is 3.32. The first kappa shape index (κ1) is 17.4. The van der Waals surface area contributed by atoms with Crippen LogP contribution in [0.15, 0.2) is 42.7 Å². The van der Waals surface area contributed by atoms with Gasteiger partial charge in [-0.15, -0.1) is 0 Å². The molecule has 2 aromatic heterocycles. The fraction of sp³-hybridized carbons (Fsp3) is 0.133. The number of rotatable bonds is 5. The molecule has 0 saturated heterocycles. The van der Waals surface area contributed by atoms with Crippen LogP contribution >= 0.6 is 23.2 Å². The van der Waals surface area contributed by atoms with E-state index in [2.05, 4.69) is 15.5 Å². The Morgan fingerprint density at radius 1 is 1.24 bits per heavy atom. The monoisotopic (exact) mass is 385 g/mol. The number of amides is 1. The number of hydrogen-bond acceptors (Lipinski definition) is 3. The van der Waals surface area contributed by atoms with Crippen molar-refractivity contribution in [1.82, 2.24) is 19.6 Å². The molecule has 0 saturated carbocycles. The van der Waals surface area contributed by atoms with Crippen LogP contribution in [-0.2, 0) is 6.54 Å². The van der Waals surface area contributed by atoms with E-state index in [1.54, 1.807) is 35.1 Å². The molecular formula is C15H11Cl2F2N5O. The minimum atomic E-state index is -2.90. The number of hydrogen-bond donors (Lipinski definition) is 1. The first-order valence-electron chi connectivity index (χ1n) is 7.04. The number of nitrogens with zero attached hydrogens (tertiary/aromatic N) is 4. The van der Waals surface area contributed by atoms with Gasteiger partial charge in [-0.2, -0.15) is 23.7 Å². The number of benzene rings is 1. The van der Waals surface area contributed by atoms with Crippen molar-refractivity contribution in [3.8, 4) is 0 Å². The quantitative estimate of drug-likeness (QED) is 0.719. The van der Waals surface area contributed by atoms with Gasteiger partial charge in [0.1, 0.15) is 5.69 Å². The SMILES string of the molecule is O=C(Nc1ccn(Cc2ccc(Cl)cc2Cl)n1)c1ccnn1C(F)F. The van der Waals surface area contributed by atoms with E-state index in [0.717, 1.165) is 11.8 Å². The lowest BCUT2D eigenvalue weighted by atomic mass is 10.2. The first-order valence-corrected chi connectivity index (χ1v) is 7.80. The topological polar surface area (TPSA) is 64.7 Å². The first-order chi connectivity index (χ1) is 11.9. The van der Waals surface area contributed by atoms with Gasteiger partial charge in [0, 0.05) is 28.5 Å². The molecule has 0 aliphatic rings. The Bertz CT molecular complexity index is 909. The molecule has 0 fully saturated rings. The zero-order valence-corrected chi connectivity index (χ0v) is 14.0.